The molecule has 0 aliphatic carbocycles. The van der Waals surface area contributed by atoms with Crippen molar-refractivity contribution in [3.8, 4) is 0 Å². The molecule has 0 aromatic rings. The summed E-state index contributed by atoms with van der Waals surface area (Å²) in [5.74, 6) is -0.816. The lowest BCUT2D eigenvalue weighted by atomic mass is 10.0. The number of esters is 2. The smallest absolute Gasteiger partial charge is 0.462 e. The van der Waals surface area contributed by atoms with Crippen molar-refractivity contribution >= 4 is 19.8 Å². The summed E-state index contributed by atoms with van der Waals surface area (Å²) in [6.07, 6.45) is 68.8. The Balaban J connectivity index is 3.94. The summed E-state index contributed by atoms with van der Waals surface area (Å²) < 4.78 is 33.1. The topological polar surface area (TPSA) is 134 Å². The Hall–Kier alpha value is -2.03. The fourth-order valence-corrected chi connectivity index (χ4v) is 9.40. The highest BCUT2D eigenvalue weighted by molar-refractivity contribution is 7.47. The summed E-state index contributed by atoms with van der Waals surface area (Å²) in [7, 11) is -4.39. The van der Waals surface area contributed by atoms with Crippen molar-refractivity contribution < 1.29 is 37.6 Å². The number of phosphoric ester groups is 1. The second-order valence-corrected chi connectivity index (χ2v) is 21.3. The molecule has 410 valence electrons. The number of phosphoric acid groups is 1. The van der Waals surface area contributed by atoms with Gasteiger partial charge in [-0.1, -0.05) is 274 Å². The van der Waals surface area contributed by atoms with Crippen LogP contribution >= 0.6 is 7.82 Å². The quantitative estimate of drug-likeness (QED) is 0.0264. The number of carbonyl (C=O) groups excluding carboxylic acids is 2. The van der Waals surface area contributed by atoms with Crippen LogP contribution in [-0.4, -0.2) is 49.3 Å². The molecule has 10 heteroatoms. The molecule has 0 rings (SSSR count). The molecular formula is C60H112NO8P. The molecule has 0 radical (unpaired) electrons. The van der Waals surface area contributed by atoms with Crippen molar-refractivity contribution in [3.63, 3.8) is 0 Å². The van der Waals surface area contributed by atoms with Crippen LogP contribution in [0.2, 0.25) is 0 Å². The van der Waals surface area contributed by atoms with E-state index in [4.69, 9.17) is 24.3 Å². The number of hydrogen-bond acceptors (Lipinski definition) is 8. The van der Waals surface area contributed by atoms with E-state index in [1.165, 1.54) is 193 Å². The maximum Gasteiger partial charge on any atom is 0.472 e. The minimum Gasteiger partial charge on any atom is -0.462 e. The van der Waals surface area contributed by atoms with Gasteiger partial charge in [-0.3, -0.25) is 18.6 Å². The number of ether oxygens (including phenoxy) is 2. The first-order chi connectivity index (χ1) is 34.3. The SMILES string of the molecule is CC/C=C\C/C=C\C/C=C\C/C=C\CCCCCCCCCCCCCCC(=O)OC(COC(=O)CCCCCCCCCCCCCCCCCCCCCCCCCC)COP(=O)(O)OCCN. The average molecular weight is 1010 g/mol. The monoisotopic (exact) mass is 1010 g/mol. The zero-order valence-electron chi connectivity index (χ0n) is 45.8. The average Bonchev–Trinajstić information content (AvgIpc) is 3.35. The van der Waals surface area contributed by atoms with Gasteiger partial charge < -0.3 is 20.1 Å². The molecular weight excluding hydrogens is 894 g/mol. The van der Waals surface area contributed by atoms with E-state index in [1.807, 2.05) is 0 Å². The van der Waals surface area contributed by atoms with E-state index < -0.39 is 26.5 Å². The van der Waals surface area contributed by atoms with Gasteiger partial charge in [0.25, 0.3) is 0 Å². The van der Waals surface area contributed by atoms with Gasteiger partial charge in [0.05, 0.1) is 13.2 Å². The van der Waals surface area contributed by atoms with E-state index in [1.54, 1.807) is 0 Å². The minimum atomic E-state index is -4.39. The second kappa shape index (κ2) is 56.3. The first-order valence-corrected chi connectivity index (χ1v) is 31.1. The normalized spacial score (nSPS) is 13.4. The fraction of sp³-hybridized carbons (Fsp3) is 0.833. The molecule has 0 amide bonds. The molecule has 70 heavy (non-hydrogen) atoms. The van der Waals surface area contributed by atoms with Gasteiger partial charge in [0, 0.05) is 19.4 Å². The molecule has 0 bridgehead atoms. The molecule has 0 saturated carbocycles. The lowest BCUT2D eigenvalue weighted by Gasteiger charge is -2.19. The van der Waals surface area contributed by atoms with E-state index in [0.717, 1.165) is 64.2 Å². The summed E-state index contributed by atoms with van der Waals surface area (Å²) in [5.41, 5.74) is 5.39. The first-order valence-electron chi connectivity index (χ1n) is 29.6. The van der Waals surface area contributed by atoms with Gasteiger partial charge in [0.1, 0.15) is 6.61 Å². The van der Waals surface area contributed by atoms with Gasteiger partial charge in [0.15, 0.2) is 6.10 Å². The van der Waals surface area contributed by atoms with Crippen LogP contribution < -0.4 is 5.73 Å². The molecule has 0 spiro atoms. The Morgan fingerprint density at radius 3 is 1.17 bits per heavy atom. The first kappa shape index (κ1) is 68.0. The summed E-state index contributed by atoms with van der Waals surface area (Å²) in [4.78, 5) is 35.2. The number of nitrogens with two attached hydrogens (primary N) is 1. The molecule has 0 heterocycles. The predicted molar refractivity (Wildman–Crippen MR) is 298 cm³/mol. The Morgan fingerprint density at radius 1 is 0.443 bits per heavy atom. The molecule has 0 aliphatic rings. The number of carbonyl (C=O) groups is 2. The maximum absolute atomic E-state index is 12.7. The molecule has 0 saturated heterocycles. The van der Waals surface area contributed by atoms with Crippen molar-refractivity contribution in [3.05, 3.63) is 48.6 Å². The summed E-state index contributed by atoms with van der Waals surface area (Å²) >= 11 is 0. The van der Waals surface area contributed by atoms with Crippen LogP contribution in [0.1, 0.15) is 290 Å². The van der Waals surface area contributed by atoms with E-state index in [-0.39, 0.29) is 38.6 Å². The van der Waals surface area contributed by atoms with E-state index in [9.17, 15) is 19.0 Å². The third-order valence-corrected chi connectivity index (χ3v) is 14.0. The molecule has 3 N–H and O–H groups in total. The lowest BCUT2D eigenvalue weighted by Crippen LogP contribution is -2.29. The highest BCUT2D eigenvalue weighted by Crippen LogP contribution is 2.43. The van der Waals surface area contributed by atoms with Crippen LogP contribution in [0.5, 0.6) is 0 Å². The molecule has 0 aliphatic heterocycles. The summed E-state index contributed by atoms with van der Waals surface area (Å²) in [5, 5.41) is 0. The standard InChI is InChI=1S/C60H112NO8P/c1-3-5-7-9-11-13-15-17-19-21-23-25-27-29-31-33-35-37-39-41-43-45-47-49-51-53-60(63)69-58(57-68-70(64,65)67-55-54-61)56-66-59(62)52-50-48-46-44-42-40-38-36-34-32-30-28-26-24-22-20-18-16-14-12-10-8-6-4-2/h5,7,11,13,17,19,23,25,58H,3-4,6,8-10,12,14-16,18,20-22,24,26-57,61H2,1-2H3,(H,64,65)/b7-5-,13-11-,19-17-,25-23-. The predicted octanol–water partition coefficient (Wildman–Crippen LogP) is 18.6. The molecule has 9 nitrogen and oxygen atoms in total. The molecule has 0 aromatic heterocycles. The van der Waals surface area contributed by atoms with Crippen LogP contribution in [0.3, 0.4) is 0 Å². The van der Waals surface area contributed by atoms with Crippen LogP contribution in [0.4, 0.5) is 0 Å². The molecule has 0 aromatic carbocycles. The van der Waals surface area contributed by atoms with Gasteiger partial charge in [-0.05, 0) is 51.4 Å². The number of unbranched alkanes of at least 4 members (excludes halogenated alkanes) is 35. The Labute approximate surface area is 432 Å². The zero-order chi connectivity index (χ0) is 51.0. The van der Waals surface area contributed by atoms with Gasteiger partial charge in [-0.25, -0.2) is 4.57 Å². The number of allylic oxidation sites excluding steroid dienone is 8. The Kier molecular flexibility index (Phi) is 54.6. The summed E-state index contributed by atoms with van der Waals surface area (Å²) in [6, 6.07) is 0. The van der Waals surface area contributed by atoms with Crippen molar-refractivity contribution in [1.82, 2.24) is 0 Å². The van der Waals surface area contributed by atoms with Crippen molar-refractivity contribution in [2.24, 2.45) is 5.73 Å². The Morgan fingerprint density at radius 2 is 0.786 bits per heavy atom. The number of hydrogen-bond donors (Lipinski definition) is 2. The maximum atomic E-state index is 12.7. The van der Waals surface area contributed by atoms with E-state index in [0.29, 0.717) is 6.42 Å². The molecule has 2 unspecified atom stereocenters. The molecule has 2 atom stereocenters. The van der Waals surface area contributed by atoms with Gasteiger partial charge in [0.2, 0.25) is 0 Å². The third kappa shape index (κ3) is 55.3. The lowest BCUT2D eigenvalue weighted by molar-refractivity contribution is -0.161. The molecule has 0 fully saturated rings. The third-order valence-electron chi connectivity index (χ3n) is 13.0. The largest absolute Gasteiger partial charge is 0.472 e. The van der Waals surface area contributed by atoms with E-state index >= 15 is 0 Å². The fourth-order valence-electron chi connectivity index (χ4n) is 8.63. The van der Waals surface area contributed by atoms with E-state index in [2.05, 4.69) is 62.5 Å². The second-order valence-electron chi connectivity index (χ2n) is 19.8. The number of rotatable bonds is 56. The highest BCUT2D eigenvalue weighted by atomic mass is 31.2. The summed E-state index contributed by atoms with van der Waals surface area (Å²) in [6.45, 7) is 3.68. The van der Waals surface area contributed by atoms with Crippen LogP contribution in [-0.2, 0) is 32.7 Å². The van der Waals surface area contributed by atoms with Crippen molar-refractivity contribution in [2.75, 3.05) is 26.4 Å². The highest BCUT2D eigenvalue weighted by Gasteiger charge is 2.26. The zero-order valence-corrected chi connectivity index (χ0v) is 46.7. The van der Waals surface area contributed by atoms with Gasteiger partial charge >= 0.3 is 19.8 Å². The van der Waals surface area contributed by atoms with Crippen LogP contribution in [0.25, 0.3) is 0 Å². The van der Waals surface area contributed by atoms with Crippen LogP contribution in [0.15, 0.2) is 48.6 Å². The Bertz CT molecular complexity index is 1280. The van der Waals surface area contributed by atoms with Gasteiger partial charge in [-0.2, -0.15) is 0 Å². The van der Waals surface area contributed by atoms with Crippen molar-refractivity contribution in [1.29, 1.82) is 0 Å². The van der Waals surface area contributed by atoms with Gasteiger partial charge in [-0.15, -0.1) is 0 Å². The van der Waals surface area contributed by atoms with Crippen LogP contribution in [0, 0.1) is 0 Å². The minimum absolute atomic E-state index is 0.0537. The van der Waals surface area contributed by atoms with Crippen molar-refractivity contribution in [2.45, 2.75) is 296 Å².